The maximum absolute atomic E-state index is 11.3. The van der Waals surface area contributed by atoms with Crippen molar-refractivity contribution in [1.29, 1.82) is 0 Å². The average molecular weight is 184 g/mol. The lowest BCUT2D eigenvalue weighted by Gasteiger charge is -2.21. The summed E-state index contributed by atoms with van der Waals surface area (Å²) in [6.45, 7) is 3.80. The Hall–Kier alpha value is -0.570. The van der Waals surface area contributed by atoms with Crippen molar-refractivity contribution in [3.63, 3.8) is 0 Å². The summed E-state index contributed by atoms with van der Waals surface area (Å²) in [5, 5.41) is 2.96. The van der Waals surface area contributed by atoms with Crippen LogP contribution in [0.1, 0.15) is 39.5 Å². The Morgan fingerprint density at radius 3 is 2.38 bits per heavy atom. The number of nitrogens with two attached hydrogens (primary N) is 1. The molecule has 0 heterocycles. The van der Waals surface area contributed by atoms with E-state index in [0.29, 0.717) is 12.0 Å². The van der Waals surface area contributed by atoms with Crippen molar-refractivity contribution >= 4 is 5.91 Å². The summed E-state index contributed by atoms with van der Waals surface area (Å²) in [5.74, 6) is 0.641. The molecule has 1 aliphatic carbocycles. The fourth-order valence-electron chi connectivity index (χ4n) is 1.93. The van der Waals surface area contributed by atoms with Crippen LogP contribution in [0.4, 0.5) is 0 Å². The summed E-state index contributed by atoms with van der Waals surface area (Å²) >= 11 is 0. The van der Waals surface area contributed by atoms with Crippen LogP contribution in [0.5, 0.6) is 0 Å². The van der Waals surface area contributed by atoms with Gasteiger partial charge in [0.2, 0.25) is 5.91 Å². The number of hydrogen-bond donors (Lipinski definition) is 2. The maximum atomic E-state index is 11.3. The summed E-state index contributed by atoms with van der Waals surface area (Å²) in [5.41, 5.74) is 5.47. The van der Waals surface area contributed by atoms with E-state index < -0.39 is 0 Å². The first kappa shape index (κ1) is 10.5. The van der Waals surface area contributed by atoms with E-state index >= 15 is 0 Å². The Labute approximate surface area is 80.1 Å². The minimum absolute atomic E-state index is 0.0283. The lowest BCUT2D eigenvalue weighted by atomic mass is 9.99. The van der Waals surface area contributed by atoms with E-state index in [2.05, 4.69) is 12.2 Å². The number of hydrogen-bond acceptors (Lipinski definition) is 2. The third kappa shape index (κ3) is 2.99. The first-order valence-electron chi connectivity index (χ1n) is 5.17. The molecule has 2 atom stereocenters. The lowest BCUT2D eigenvalue weighted by Crippen LogP contribution is -2.45. The predicted octanol–water partition coefficient (Wildman–Crippen LogP) is 1.03. The molecule has 3 heteroatoms. The Bertz CT molecular complexity index is 174. The van der Waals surface area contributed by atoms with Gasteiger partial charge in [-0.1, -0.05) is 12.8 Å². The summed E-state index contributed by atoms with van der Waals surface area (Å²) < 4.78 is 0. The molecule has 0 bridgehead atoms. The highest BCUT2D eigenvalue weighted by Crippen LogP contribution is 2.27. The standard InChI is InChI=1S/C10H20N2O/c1-7(11)10(13)12-8(2)9-5-3-4-6-9/h7-9H,3-6,11H2,1-2H3,(H,12,13)/t7?,8-/m0/s1. The highest BCUT2D eigenvalue weighted by molar-refractivity contribution is 5.81. The van der Waals surface area contributed by atoms with Gasteiger partial charge in [0.25, 0.3) is 0 Å². The minimum atomic E-state index is -0.385. The Morgan fingerprint density at radius 2 is 1.92 bits per heavy atom. The van der Waals surface area contributed by atoms with Crippen molar-refractivity contribution in [2.45, 2.75) is 51.6 Å². The number of rotatable bonds is 3. The molecule has 76 valence electrons. The van der Waals surface area contributed by atoms with Crippen LogP contribution in [0, 0.1) is 5.92 Å². The van der Waals surface area contributed by atoms with Gasteiger partial charge in [0.1, 0.15) is 0 Å². The number of carbonyl (C=O) groups is 1. The molecule has 0 aromatic rings. The van der Waals surface area contributed by atoms with Crippen molar-refractivity contribution < 1.29 is 4.79 Å². The molecule has 0 radical (unpaired) electrons. The fraction of sp³-hybridized carbons (Fsp3) is 0.900. The molecule has 0 aliphatic heterocycles. The van der Waals surface area contributed by atoms with E-state index in [0.717, 1.165) is 0 Å². The number of nitrogens with one attached hydrogen (secondary N) is 1. The van der Waals surface area contributed by atoms with E-state index in [4.69, 9.17) is 5.73 Å². The zero-order valence-electron chi connectivity index (χ0n) is 8.55. The number of amides is 1. The van der Waals surface area contributed by atoms with E-state index in [9.17, 15) is 4.79 Å². The molecule has 1 fully saturated rings. The molecule has 13 heavy (non-hydrogen) atoms. The van der Waals surface area contributed by atoms with E-state index in [-0.39, 0.29) is 11.9 Å². The van der Waals surface area contributed by atoms with Gasteiger partial charge in [-0.2, -0.15) is 0 Å². The molecule has 1 aliphatic rings. The predicted molar refractivity (Wildman–Crippen MR) is 53.2 cm³/mol. The van der Waals surface area contributed by atoms with E-state index in [1.54, 1.807) is 6.92 Å². The van der Waals surface area contributed by atoms with Gasteiger partial charge in [-0.3, -0.25) is 4.79 Å². The van der Waals surface area contributed by atoms with Crippen LogP contribution in [0.2, 0.25) is 0 Å². The molecule has 1 saturated carbocycles. The average Bonchev–Trinajstić information content (AvgIpc) is 2.55. The van der Waals surface area contributed by atoms with E-state index in [1.807, 2.05) is 0 Å². The molecule has 0 aromatic heterocycles. The van der Waals surface area contributed by atoms with Gasteiger partial charge >= 0.3 is 0 Å². The second kappa shape index (κ2) is 4.61. The zero-order chi connectivity index (χ0) is 9.84. The van der Waals surface area contributed by atoms with Gasteiger partial charge in [-0.15, -0.1) is 0 Å². The summed E-state index contributed by atoms with van der Waals surface area (Å²) in [4.78, 5) is 11.3. The second-order valence-corrected chi connectivity index (χ2v) is 4.13. The largest absolute Gasteiger partial charge is 0.352 e. The topological polar surface area (TPSA) is 55.1 Å². The maximum Gasteiger partial charge on any atom is 0.236 e. The van der Waals surface area contributed by atoms with Crippen LogP contribution in [0.3, 0.4) is 0 Å². The normalized spacial score (nSPS) is 22.7. The van der Waals surface area contributed by atoms with Crippen molar-refractivity contribution in [3.8, 4) is 0 Å². The van der Waals surface area contributed by atoms with Crippen LogP contribution in [-0.2, 0) is 4.79 Å². The van der Waals surface area contributed by atoms with Crippen molar-refractivity contribution in [3.05, 3.63) is 0 Å². The van der Waals surface area contributed by atoms with Gasteiger partial charge < -0.3 is 11.1 Å². The lowest BCUT2D eigenvalue weighted by molar-refractivity contribution is -0.122. The van der Waals surface area contributed by atoms with Crippen LogP contribution in [0.15, 0.2) is 0 Å². The molecule has 3 nitrogen and oxygen atoms in total. The van der Waals surface area contributed by atoms with E-state index in [1.165, 1.54) is 25.7 Å². The van der Waals surface area contributed by atoms with Gasteiger partial charge in [-0.25, -0.2) is 0 Å². The van der Waals surface area contributed by atoms with Crippen LogP contribution in [-0.4, -0.2) is 18.0 Å². The first-order chi connectivity index (χ1) is 6.11. The third-order valence-electron chi connectivity index (χ3n) is 2.89. The molecule has 1 unspecified atom stereocenters. The van der Waals surface area contributed by atoms with Crippen LogP contribution >= 0.6 is 0 Å². The fourth-order valence-corrected chi connectivity index (χ4v) is 1.93. The zero-order valence-corrected chi connectivity index (χ0v) is 8.55. The van der Waals surface area contributed by atoms with Gasteiger partial charge in [-0.05, 0) is 32.6 Å². The quantitative estimate of drug-likeness (QED) is 0.688. The molecule has 1 amide bonds. The number of carbonyl (C=O) groups excluding carboxylic acids is 1. The van der Waals surface area contributed by atoms with Crippen molar-refractivity contribution in [2.75, 3.05) is 0 Å². The molecule has 0 saturated heterocycles. The summed E-state index contributed by atoms with van der Waals surface area (Å²) in [6.07, 6.45) is 5.12. The van der Waals surface area contributed by atoms with Crippen molar-refractivity contribution in [1.82, 2.24) is 5.32 Å². The Balaban J connectivity index is 2.31. The van der Waals surface area contributed by atoms with Gasteiger partial charge in [0, 0.05) is 6.04 Å². The second-order valence-electron chi connectivity index (χ2n) is 4.13. The first-order valence-corrected chi connectivity index (χ1v) is 5.17. The highest BCUT2D eigenvalue weighted by Gasteiger charge is 2.23. The molecule has 0 spiro atoms. The monoisotopic (exact) mass is 184 g/mol. The molecular formula is C10H20N2O. The Kier molecular flexibility index (Phi) is 3.72. The SMILES string of the molecule is CC(N)C(=O)N[C@@H](C)C1CCCC1. The smallest absolute Gasteiger partial charge is 0.236 e. The molecule has 3 N–H and O–H groups in total. The van der Waals surface area contributed by atoms with Crippen LogP contribution < -0.4 is 11.1 Å². The summed E-state index contributed by atoms with van der Waals surface area (Å²) in [6, 6.07) is -0.0927. The third-order valence-corrected chi connectivity index (χ3v) is 2.89. The minimum Gasteiger partial charge on any atom is -0.352 e. The van der Waals surface area contributed by atoms with Gasteiger partial charge in [0.05, 0.1) is 6.04 Å². The highest BCUT2D eigenvalue weighted by atomic mass is 16.2. The van der Waals surface area contributed by atoms with Crippen LogP contribution in [0.25, 0.3) is 0 Å². The van der Waals surface area contributed by atoms with Crippen molar-refractivity contribution in [2.24, 2.45) is 11.7 Å². The molecular weight excluding hydrogens is 164 g/mol. The summed E-state index contributed by atoms with van der Waals surface area (Å²) in [7, 11) is 0. The Morgan fingerprint density at radius 1 is 1.38 bits per heavy atom. The molecule has 0 aromatic carbocycles. The molecule has 1 rings (SSSR count). The van der Waals surface area contributed by atoms with Gasteiger partial charge in [0.15, 0.2) is 0 Å².